The molecule has 7 heteroatoms. The number of hydrogen-bond donors (Lipinski definition) is 2. The number of anilines is 1. The molecular formula is C26H36N4O3. The van der Waals surface area contributed by atoms with Crippen LogP contribution in [0, 0.1) is 6.92 Å². The van der Waals surface area contributed by atoms with Gasteiger partial charge < -0.3 is 20.1 Å². The number of rotatable bonds is 4. The fourth-order valence-corrected chi connectivity index (χ4v) is 5.11. The molecule has 4 rings (SSSR count). The number of benzene rings is 1. The number of piperidine rings is 1. The molecule has 2 aliphatic heterocycles. The monoisotopic (exact) mass is 452 g/mol. The van der Waals surface area contributed by atoms with Gasteiger partial charge in [0.1, 0.15) is 11.4 Å². The van der Waals surface area contributed by atoms with Crippen LogP contribution in [0.25, 0.3) is 0 Å². The maximum atomic E-state index is 12.8. The first-order valence-electron chi connectivity index (χ1n) is 11.7. The van der Waals surface area contributed by atoms with Gasteiger partial charge in [0.15, 0.2) is 0 Å². The van der Waals surface area contributed by atoms with Gasteiger partial charge in [-0.15, -0.1) is 0 Å². The molecule has 2 aromatic rings. The van der Waals surface area contributed by atoms with Crippen molar-refractivity contribution in [2.75, 3.05) is 32.6 Å². The molecule has 0 aliphatic carbocycles. The van der Waals surface area contributed by atoms with Gasteiger partial charge in [-0.25, -0.2) is 4.79 Å². The fraction of sp³-hybridized carbons (Fsp3) is 0.538. The number of ether oxygens (including phenoxy) is 2. The van der Waals surface area contributed by atoms with Crippen LogP contribution < -0.4 is 15.4 Å². The molecular weight excluding hydrogens is 416 g/mol. The third-order valence-electron chi connectivity index (χ3n) is 6.61. The molecule has 2 N–H and O–H groups in total. The molecule has 178 valence electrons. The molecule has 1 fully saturated rings. The van der Waals surface area contributed by atoms with Gasteiger partial charge in [0.25, 0.3) is 0 Å². The quantitative estimate of drug-likeness (QED) is 0.715. The lowest BCUT2D eigenvalue weighted by molar-refractivity contribution is 0.0411. The summed E-state index contributed by atoms with van der Waals surface area (Å²) in [4.78, 5) is 20.0. The van der Waals surface area contributed by atoms with Crippen molar-refractivity contribution in [1.29, 1.82) is 0 Å². The Morgan fingerprint density at radius 1 is 1.24 bits per heavy atom. The van der Waals surface area contributed by atoms with Gasteiger partial charge in [-0.05, 0) is 81.5 Å². The Hall–Kier alpha value is -2.80. The second-order valence-electron chi connectivity index (χ2n) is 10.1. The highest BCUT2D eigenvalue weighted by Crippen LogP contribution is 2.44. The first kappa shape index (κ1) is 23.4. The molecule has 0 radical (unpaired) electrons. The van der Waals surface area contributed by atoms with Crippen LogP contribution in [0.3, 0.4) is 0 Å². The van der Waals surface area contributed by atoms with E-state index in [0.717, 1.165) is 43.1 Å². The van der Waals surface area contributed by atoms with Crippen LogP contribution in [0.4, 0.5) is 10.5 Å². The second-order valence-corrected chi connectivity index (χ2v) is 10.1. The molecule has 33 heavy (non-hydrogen) atoms. The Balaban J connectivity index is 1.67. The average molecular weight is 453 g/mol. The van der Waals surface area contributed by atoms with Crippen LogP contribution in [0.1, 0.15) is 61.5 Å². The van der Waals surface area contributed by atoms with E-state index in [1.165, 1.54) is 16.7 Å². The highest BCUT2D eigenvalue weighted by molar-refractivity contribution is 5.68. The SMILES string of the molecule is CNc1cc2c(cc1OC)[C@H]1C[C@@H](NC(=O)OC(C)(C)C)[C@@H](c3cc(C)ccn3)CN1CC2. The van der Waals surface area contributed by atoms with Gasteiger partial charge in [-0.2, -0.15) is 0 Å². The highest BCUT2D eigenvalue weighted by atomic mass is 16.6. The van der Waals surface area contributed by atoms with Gasteiger partial charge in [0.05, 0.1) is 12.8 Å². The summed E-state index contributed by atoms with van der Waals surface area (Å²) in [6, 6.07) is 8.62. The minimum atomic E-state index is -0.545. The van der Waals surface area contributed by atoms with Gasteiger partial charge in [-0.1, -0.05) is 0 Å². The second kappa shape index (κ2) is 9.21. The number of aromatic nitrogens is 1. The topological polar surface area (TPSA) is 75.7 Å². The van der Waals surface area contributed by atoms with E-state index >= 15 is 0 Å². The van der Waals surface area contributed by atoms with E-state index < -0.39 is 5.60 Å². The normalized spacial score (nSPS) is 22.7. The predicted octanol–water partition coefficient (Wildman–Crippen LogP) is 4.42. The molecule has 0 spiro atoms. The summed E-state index contributed by atoms with van der Waals surface area (Å²) < 4.78 is 11.3. The molecule has 1 amide bonds. The van der Waals surface area contributed by atoms with Crippen LogP contribution >= 0.6 is 0 Å². The maximum absolute atomic E-state index is 12.8. The fourth-order valence-electron chi connectivity index (χ4n) is 5.11. The van der Waals surface area contributed by atoms with Crippen LogP contribution in [0.5, 0.6) is 5.75 Å². The number of nitrogens with zero attached hydrogens (tertiary/aromatic N) is 2. The van der Waals surface area contributed by atoms with E-state index in [-0.39, 0.29) is 24.1 Å². The molecule has 0 unspecified atom stereocenters. The molecule has 2 aliphatic rings. The molecule has 1 saturated heterocycles. The van der Waals surface area contributed by atoms with Gasteiger partial charge >= 0.3 is 6.09 Å². The van der Waals surface area contributed by atoms with Crippen LogP contribution in [0.2, 0.25) is 0 Å². The Labute approximate surface area is 196 Å². The number of hydrogen-bond acceptors (Lipinski definition) is 6. The highest BCUT2D eigenvalue weighted by Gasteiger charge is 2.41. The summed E-state index contributed by atoms with van der Waals surface area (Å²) in [5.74, 6) is 0.936. The zero-order valence-corrected chi connectivity index (χ0v) is 20.6. The van der Waals surface area contributed by atoms with Gasteiger partial charge in [-0.3, -0.25) is 9.88 Å². The summed E-state index contributed by atoms with van der Waals surface area (Å²) in [6.07, 6.45) is 3.26. The van der Waals surface area contributed by atoms with Gasteiger partial charge in [0, 0.05) is 50.0 Å². The Bertz CT molecular complexity index is 1020. The molecule has 1 aromatic heterocycles. The number of aryl methyl sites for hydroxylation is 1. The lowest BCUT2D eigenvalue weighted by Crippen LogP contribution is -2.53. The minimum Gasteiger partial charge on any atom is -0.495 e. The van der Waals surface area contributed by atoms with Crippen molar-refractivity contribution in [2.45, 2.75) is 64.1 Å². The maximum Gasteiger partial charge on any atom is 0.407 e. The van der Waals surface area contributed by atoms with Crippen molar-refractivity contribution in [3.05, 3.63) is 52.8 Å². The van der Waals surface area contributed by atoms with Crippen molar-refractivity contribution < 1.29 is 14.3 Å². The summed E-state index contributed by atoms with van der Waals surface area (Å²) in [5.41, 5.74) is 5.27. The van der Waals surface area contributed by atoms with E-state index in [4.69, 9.17) is 9.47 Å². The first-order valence-corrected chi connectivity index (χ1v) is 11.7. The van der Waals surface area contributed by atoms with E-state index in [0.29, 0.717) is 0 Å². The van der Waals surface area contributed by atoms with Crippen LogP contribution in [-0.4, -0.2) is 54.9 Å². The number of nitrogens with one attached hydrogen (secondary N) is 2. The summed E-state index contributed by atoms with van der Waals surface area (Å²) in [7, 11) is 3.62. The zero-order valence-electron chi connectivity index (χ0n) is 20.6. The van der Waals surface area contributed by atoms with Gasteiger partial charge in [0.2, 0.25) is 0 Å². The van der Waals surface area contributed by atoms with E-state index in [1.54, 1.807) is 7.11 Å². The summed E-state index contributed by atoms with van der Waals surface area (Å²) in [6.45, 7) is 9.55. The number of pyridine rings is 1. The third kappa shape index (κ3) is 5.08. The molecule has 3 heterocycles. The van der Waals surface area contributed by atoms with Crippen molar-refractivity contribution in [2.24, 2.45) is 0 Å². The molecule has 3 atom stereocenters. The van der Waals surface area contributed by atoms with E-state index in [2.05, 4.69) is 45.6 Å². The van der Waals surface area contributed by atoms with Crippen molar-refractivity contribution in [1.82, 2.24) is 15.2 Å². The third-order valence-corrected chi connectivity index (χ3v) is 6.61. The van der Waals surface area contributed by atoms with E-state index in [1.807, 2.05) is 40.1 Å². The number of carbonyl (C=O) groups is 1. The number of amides is 1. The largest absolute Gasteiger partial charge is 0.495 e. The van der Waals surface area contributed by atoms with Crippen LogP contribution in [-0.2, 0) is 11.2 Å². The number of carbonyl (C=O) groups excluding carboxylic acids is 1. The lowest BCUT2D eigenvalue weighted by Gasteiger charge is -2.47. The smallest absolute Gasteiger partial charge is 0.407 e. The molecule has 0 bridgehead atoms. The first-order chi connectivity index (χ1) is 15.7. The zero-order chi connectivity index (χ0) is 23.8. The number of methoxy groups -OCH3 is 1. The standard InChI is InChI=1S/C26H36N4O3/c1-16-7-9-28-20(11-16)19-15-30-10-8-17-12-22(27-5)24(32-6)13-18(17)23(30)14-21(19)29-25(31)33-26(2,3)4/h7,9,11-13,19,21,23,27H,8,10,14-15H2,1-6H3,(H,29,31)/t19-,21-,23-/m1/s1. The van der Waals surface area contributed by atoms with Crippen LogP contribution in [0.15, 0.2) is 30.5 Å². The van der Waals surface area contributed by atoms with Crippen molar-refractivity contribution in [3.8, 4) is 5.75 Å². The average Bonchev–Trinajstić information content (AvgIpc) is 2.76. The number of alkyl carbamates (subject to hydrolysis) is 1. The number of fused-ring (bicyclic) bond motifs is 3. The summed E-state index contributed by atoms with van der Waals surface area (Å²) in [5, 5.41) is 6.43. The molecule has 1 aromatic carbocycles. The Morgan fingerprint density at radius 2 is 2.03 bits per heavy atom. The van der Waals surface area contributed by atoms with Crippen molar-refractivity contribution in [3.63, 3.8) is 0 Å². The predicted molar refractivity (Wildman–Crippen MR) is 130 cm³/mol. The Kier molecular flexibility index (Phi) is 6.52. The summed E-state index contributed by atoms with van der Waals surface area (Å²) >= 11 is 0. The molecule has 0 saturated carbocycles. The Morgan fingerprint density at radius 3 is 2.70 bits per heavy atom. The minimum absolute atomic E-state index is 0.0867. The van der Waals surface area contributed by atoms with Crippen molar-refractivity contribution >= 4 is 11.8 Å². The molecule has 7 nitrogen and oxygen atoms in total. The van der Waals surface area contributed by atoms with E-state index in [9.17, 15) is 4.79 Å². The lowest BCUT2D eigenvalue weighted by atomic mass is 9.79.